The van der Waals surface area contributed by atoms with E-state index in [1.54, 1.807) is 0 Å². The fourth-order valence-electron chi connectivity index (χ4n) is 7.71. The Bertz CT molecular complexity index is 2730. The molecule has 0 atom stereocenters. The number of aromatic nitrogens is 5. The van der Waals surface area contributed by atoms with Crippen molar-refractivity contribution in [3.8, 4) is 0 Å². The van der Waals surface area contributed by atoms with Crippen LogP contribution in [0.5, 0.6) is 0 Å². The molecule has 5 nitrogen and oxygen atoms in total. The van der Waals surface area contributed by atoms with E-state index in [2.05, 4.69) is 159 Å². The summed E-state index contributed by atoms with van der Waals surface area (Å²) in [4.78, 5) is 5.20. The van der Waals surface area contributed by atoms with Crippen LogP contribution in [0.4, 0.5) is 0 Å². The highest BCUT2D eigenvalue weighted by atomic mass is 15.2. The summed E-state index contributed by atoms with van der Waals surface area (Å²) in [6.45, 7) is 1.52. The van der Waals surface area contributed by atoms with E-state index in [0.29, 0.717) is 0 Å². The molecule has 214 valence electrons. The van der Waals surface area contributed by atoms with Crippen LogP contribution < -0.4 is 0 Å². The van der Waals surface area contributed by atoms with E-state index in [9.17, 15) is 0 Å². The molecule has 0 saturated heterocycles. The fraction of sp³-hybridized carbons (Fsp3) is 0.0750. The summed E-state index contributed by atoms with van der Waals surface area (Å²) < 4.78 is 9.51. The largest absolute Gasteiger partial charge is 0.344 e. The van der Waals surface area contributed by atoms with Gasteiger partial charge in [-0.3, -0.25) is 4.40 Å². The van der Waals surface area contributed by atoms with E-state index < -0.39 is 0 Å². The molecule has 4 aromatic heterocycles. The Kier molecular flexibility index (Phi) is 4.98. The van der Waals surface area contributed by atoms with Crippen LogP contribution in [0.15, 0.2) is 133 Å². The average molecular weight is 580 g/mol. The normalized spacial score (nSPS) is 12.3. The average Bonchev–Trinajstić information content (AvgIpc) is 3.79. The number of benzene rings is 6. The van der Waals surface area contributed by atoms with Gasteiger partial charge in [-0.05, 0) is 59.7 Å². The highest BCUT2D eigenvalue weighted by molar-refractivity contribution is 6.10. The number of aryl methyl sites for hydroxylation is 1. The molecule has 0 fully saturated rings. The first-order valence-electron chi connectivity index (χ1n) is 15.5. The van der Waals surface area contributed by atoms with Gasteiger partial charge >= 0.3 is 0 Å². The molecule has 45 heavy (non-hydrogen) atoms. The van der Waals surface area contributed by atoms with Gasteiger partial charge in [0.05, 0.1) is 28.6 Å². The molecule has 0 bridgehead atoms. The first kappa shape index (κ1) is 24.6. The van der Waals surface area contributed by atoms with Crippen molar-refractivity contribution in [3.63, 3.8) is 0 Å². The Hall–Kier alpha value is -5.81. The predicted octanol–water partition coefficient (Wildman–Crippen LogP) is 9.29. The van der Waals surface area contributed by atoms with Crippen LogP contribution in [0.3, 0.4) is 0 Å². The van der Waals surface area contributed by atoms with Gasteiger partial charge in [0.15, 0.2) is 0 Å². The summed E-state index contributed by atoms with van der Waals surface area (Å²) in [5, 5.41) is 5.20. The minimum atomic E-state index is 0.730. The third-order valence-corrected chi connectivity index (χ3v) is 9.73. The zero-order valence-corrected chi connectivity index (χ0v) is 24.9. The van der Waals surface area contributed by atoms with Gasteiger partial charge in [-0.25, -0.2) is 4.98 Å². The lowest BCUT2D eigenvalue weighted by Crippen LogP contribution is -2.02. The molecule has 0 aliphatic carbocycles. The third-order valence-electron chi connectivity index (χ3n) is 9.73. The molecule has 4 heterocycles. The van der Waals surface area contributed by atoms with Crippen LogP contribution in [-0.4, -0.2) is 23.1 Å². The summed E-state index contributed by atoms with van der Waals surface area (Å²) in [7, 11) is 2.16. The minimum Gasteiger partial charge on any atom is -0.344 e. The zero-order valence-electron chi connectivity index (χ0n) is 24.9. The molecule has 6 aromatic carbocycles. The number of fused-ring (bicyclic) bond motifs is 11. The van der Waals surface area contributed by atoms with Gasteiger partial charge in [0, 0.05) is 57.2 Å². The van der Waals surface area contributed by atoms with Crippen LogP contribution in [0, 0.1) is 0 Å². The van der Waals surface area contributed by atoms with Crippen molar-refractivity contribution >= 4 is 71.5 Å². The van der Waals surface area contributed by atoms with Crippen LogP contribution in [-0.2, 0) is 20.1 Å². The van der Waals surface area contributed by atoms with Crippen LogP contribution >= 0.6 is 0 Å². The van der Waals surface area contributed by atoms with Crippen molar-refractivity contribution in [2.24, 2.45) is 7.05 Å². The van der Waals surface area contributed by atoms with Crippen molar-refractivity contribution in [1.82, 2.24) is 23.1 Å². The number of imidazole rings is 2. The van der Waals surface area contributed by atoms with Gasteiger partial charge in [-0.1, -0.05) is 84.9 Å². The molecule has 0 unspecified atom stereocenters. The second kappa shape index (κ2) is 9.10. The third kappa shape index (κ3) is 3.41. The van der Waals surface area contributed by atoms with Crippen LogP contribution in [0.1, 0.15) is 11.1 Å². The zero-order chi connectivity index (χ0) is 29.6. The first-order chi connectivity index (χ1) is 22.2. The maximum atomic E-state index is 5.20. The number of nitrogens with zero attached hydrogens (tertiary/aromatic N) is 5. The van der Waals surface area contributed by atoms with E-state index in [1.165, 1.54) is 65.8 Å². The Balaban J connectivity index is 1.19. The van der Waals surface area contributed by atoms with E-state index in [1.807, 2.05) is 0 Å². The number of rotatable bonds is 4. The molecule has 10 aromatic rings. The van der Waals surface area contributed by atoms with E-state index in [0.717, 1.165) is 29.9 Å². The Morgan fingerprint density at radius 1 is 0.489 bits per heavy atom. The fourth-order valence-corrected chi connectivity index (χ4v) is 7.71. The Morgan fingerprint density at radius 3 is 1.91 bits per heavy atom. The van der Waals surface area contributed by atoms with Crippen molar-refractivity contribution in [1.29, 1.82) is 0 Å². The lowest BCUT2D eigenvalue weighted by Gasteiger charge is -2.10. The summed E-state index contributed by atoms with van der Waals surface area (Å²) in [5.74, 6) is 0.970. The standard InChI is InChI=1S/C40H29N5/c1-42-32-16-6-4-14-30(32)39-27(11-10-20-37(39)42)25-44-36-22-21-26(23-38(36)45-35-19-9-5-15-31(35)41-40(44)45)24-43-33-17-7-2-12-28(33)29-13-3-8-18-34(29)43/h2-23H,24-25H2,1H3. The van der Waals surface area contributed by atoms with Crippen LogP contribution in [0.25, 0.3) is 71.5 Å². The summed E-state index contributed by atoms with van der Waals surface area (Å²) in [6.07, 6.45) is 0. The Labute approximate surface area is 258 Å². The molecule has 0 spiro atoms. The highest BCUT2D eigenvalue weighted by Crippen LogP contribution is 2.34. The van der Waals surface area contributed by atoms with Gasteiger partial charge in [-0.2, -0.15) is 0 Å². The predicted molar refractivity (Wildman–Crippen MR) is 186 cm³/mol. The monoisotopic (exact) mass is 579 g/mol. The highest BCUT2D eigenvalue weighted by Gasteiger charge is 2.19. The summed E-state index contributed by atoms with van der Waals surface area (Å²) in [5.41, 5.74) is 12.1. The molecule has 0 aliphatic rings. The van der Waals surface area contributed by atoms with Crippen LogP contribution in [0.2, 0.25) is 0 Å². The molecule has 0 aliphatic heterocycles. The van der Waals surface area contributed by atoms with E-state index in [-0.39, 0.29) is 0 Å². The quantitative estimate of drug-likeness (QED) is 0.204. The molecule has 0 amide bonds. The van der Waals surface area contributed by atoms with Crippen molar-refractivity contribution in [3.05, 3.63) is 145 Å². The molecular formula is C40H29N5. The Morgan fingerprint density at radius 2 is 1.13 bits per heavy atom. The van der Waals surface area contributed by atoms with Crippen molar-refractivity contribution < 1.29 is 0 Å². The molecule has 0 N–H and O–H groups in total. The number of para-hydroxylation sites is 5. The molecule has 0 radical (unpaired) electrons. The van der Waals surface area contributed by atoms with Gasteiger partial charge < -0.3 is 13.7 Å². The van der Waals surface area contributed by atoms with Gasteiger partial charge in [-0.15, -0.1) is 0 Å². The minimum absolute atomic E-state index is 0.730. The SMILES string of the molecule is Cn1c2ccccc2c2c(Cn3c4ccc(Cn5c6ccccc6c6ccccc65)cc4n4c5ccccc5nc34)cccc21. The second-order valence-corrected chi connectivity index (χ2v) is 12.2. The van der Waals surface area contributed by atoms with Crippen molar-refractivity contribution in [2.45, 2.75) is 13.1 Å². The summed E-state index contributed by atoms with van der Waals surface area (Å²) in [6, 6.07) is 48.3. The van der Waals surface area contributed by atoms with E-state index in [4.69, 9.17) is 4.98 Å². The van der Waals surface area contributed by atoms with Crippen molar-refractivity contribution in [2.75, 3.05) is 0 Å². The maximum absolute atomic E-state index is 5.20. The lowest BCUT2D eigenvalue weighted by molar-refractivity contribution is 0.852. The van der Waals surface area contributed by atoms with Gasteiger partial charge in [0.25, 0.3) is 0 Å². The molecule has 10 rings (SSSR count). The second-order valence-electron chi connectivity index (χ2n) is 12.2. The van der Waals surface area contributed by atoms with Gasteiger partial charge in [0.2, 0.25) is 5.78 Å². The number of hydrogen-bond acceptors (Lipinski definition) is 1. The molecular weight excluding hydrogens is 550 g/mol. The topological polar surface area (TPSA) is 32.1 Å². The smallest absolute Gasteiger partial charge is 0.216 e. The summed E-state index contributed by atoms with van der Waals surface area (Å²) >= 11 is 0. The lowest BCUT2D eigenvalue weighted by atomic mass is 10.1. The maximum Gasteiger partial charge on any atom is 0.216 e. The number of hydrogen-bond donors (Lipinski definition) is 0. The molecule has 0 saturated carbocycles. The van der Waals surface area contributed by atoms with Gasteiger partial charge in [0.1, 0.15) is 0 Å². The molecule has 5 heteroatoms. The first-order valence-corrected chi connectivity index (χ1v) is 15.5. The van der Waals surface area contributed by atoms with E-state index >= 15 is 0 Å².